The lowest BCUT2D eigenvalue weighted by Gasteiger charge is -2.19. The molecule has 4 aromatic rings. The fourth-order valence-electron chi connectivity index (χ4n) is 3.82. The van der Waals surface area contributed by atoms with Gasteiger partial charge in [0, 0.05) is 38.4 Å². The fourth-order valence-corrected chi connectivity index (χ4v) is 3.82. The molecule has 0 amide bonds. The first kappa shape index (κ1) is 27.1. The van der Waals surface area contributed by atoms with Crippen LogP contribution in [0.1, 0.15) is 28.5 Å². The smallest absolute Gasteiger partial charge is 0.131 e. The van der Waals surface area contributed by atoms with Crippen molar-refractivity contribution in [1.29, 1.82) is 0 Å². The molecule has 5 N–H and O–H groups in total. The predicted octanol–water partition coefficient (Wildman–Crippen LogP) is 4.86. The Labute approximate surface area is 213 Å². The summed E-state index contributed by atoms with van der Waals surface area (Å²) in [6.07, 6.45) is -0.806. The number of nitrogens with one attached hydrogen (secondary N) is 2. The van der Waals surface area contributed by atoms with Gasteiger partial charge in [-0.05, 0) is 39.9 Å². The predicted molar refractivity (Wildman–Crippen MR) is 145 cm³/mol. The van der Waals surface area contributed by atoms with Gasteiger partial charge in [-0.1, -0.05) is 91.0 Å². The van der Waals surface area contributed by atoms with Crippen molar-refractivity contribution in [1.82, 2.24) is 10.8 Å². The van der Waals surface area contributed by atoms with Crippen LogP contribution in [0.3, 0.4) is 0 Å². The quantitative estimate of drug-likeness (QED) is 0.172. The van der Waals surface area contributed by atoms with Crippen molar-refractivity contribution >= 4 is 5.69 Å². The van der Waals surface area contributed by atoms with Gasteiger partial charge >= 0.3 is 0 Å². The molecule has 0 aliphatic heterocycles. The lowest BCUT2D eigenvalue weighted by atomic mass is 9.94. The van der Waals surface area contributed by atoms with Crippen LogP contribution < -0.4 is 15.7 Å². The van der Waals surface area contributed by atoms with Crippen LogP contribution in [-0.4, -0.2) is 29.5 Å². The van der Waals surface area contributed by atoms with Gasteiger partial charge < -0.3 is 20.3 Å². The van der Waals surface area contributed by atoms with Crippen LogP contribution in [0.2, 0.25) is 0 Å². The zero-order valence-electron chi connectivity index (χ0n) is 20.8. The molecular formula is C30H35N3O3. The largest absolute Gasteiger partial charge is 0.392 e. The standard InChI is InChI=1S/C23H27N3O2.C7H8O/c1-26(2)19-13-11-17(12-14-19)15-24-23(27)22-10-6-5-9-21(22)20-8-4-3-7-18(20)16-25-28;8-6-7-4-2-1-3-5-7/h3-14,23-25,27-28H,15-16H2,1-2H3;1-5,8H,6H2. The van der Waals surface area contributed by atoms with E-state index in [-0.39, 0.29) is 6.61 Å². The normalized spacial score (nSPS) is 11.4. The molecule has 0 bridgehead atoms. The van der Waals surface area contributed by atoms with Gasteiger partial charge in [0.05, 0.1) is 6.61 Å². The number of hydrogen-bond acceptors (Lipinski definition) is 6. The summed E-state index contributed by atoms with van der Waals surface area (Å²) in [5, 5.41) is 31.7. The Morgan fingerprint density at radius 2 is 1.31 bits per heavy atom. The number of nitrogens with zero attached hydrogens (tertiary/aromatic N) is 1. The third-order valence-electron chi connectivity index (χ3n) is 5.81. The third kappa shape index (κ3) is 7.75. The molecule has 0 heterocycles. The topological polar surface area (TPSA) is 88.0 Å². The third-order valence-corrected chi connectivity index (χ3v) is 5.81. The van der Waals surface area contributed by atoms with E-state index in [1.807, 2.05) is 93.0 Å². The van der Waals surface area contributed by atoms with Crippen LogP contribution in [0.5, 0.6) is 0 Å². The number of rotatable bonds is 9. The van der Waals surface area contributed by atoms with E-state index in [1.165, 1.54) is 0 Å². The minimum Gasteiger partial charge on any atom is -0.392 e. The molecule has 36 heavy (non-hydrogen) atoms. The molecule has 188 valence electrons. The zero-order valence-corrected chi connectivity index (χ0v) is 20.8. The summed E-state index contributed by atoms with van der Waals surface area (Å²) in [5.74, 6) is 0. The van der Waals surface area contributed by atoms with Crippen molar-refractivity contribution in [3.8, 4) is 11.1 Å². The van der Waals surface area contributed by atoms with E-state index < -0.39 is 6.23 Å². The molecule has 6 nitrogen and oxygen atoms in total. The first-order valence-corrected chi connectivity index (χ1v) is 11.9. The Hall–Kier alpha value is -3.52. The molecule has 4 aromatic carbocycles. The molecule has 0 aliphatic carbocycles. The van der Waals surface area contributed by atoms with Gasteiger partial charge in [0.25, 0.3) is 0 Å². The monoisotopic (exact) mass is 485 g/mol. The van der Waals surface area contributed by atoms with Crippen LogP contribution in [0.25, 0.3) is 11.1 Å². The number of aliphatic hydroxyl groups is 2. The van der Waals surface area contributed by atoms with Crippen LogP contribution in [0, 0.1) is 0 Å². The summed E-state index contributed by atoms with van der Waals surface area (Å²) in [6.45, 7) is 1.04. The van der Waals surface area contributed by atoms with Gasteiger partial charge in [-0.3, -0.25) is 5.32 Å². The van der Waals surface area contributed by atoms with Gasteiger partial charge in [-0.25, -0.2) is 5.48 Å². The molecular weight excluding hydrogens is 450 g/mol. The van der Waals surface area contributed by atoms with Crippen LogP contribution in [-0.2, 0) is 19.7 Å². The molecule has 1 atom stereocenters. The van der Waals surface area contributed by atoms with Gasteiger partial charge in [0.1, 0.15) is 6.23 Å². The highest BCUT2D eigenvalue weighted by Gasteiger charge is 2.15. The van der Waals surface area contributed by atoms with Gasteiger partial charge in [0.2, 0.25) is 0 Å². The van der Waals surface area contributed by atoms with Crippen molar-refractivity contribution < 1.29 is 15.4 Å². The molecule has 0 fully saturated rings. The Bertz CT molecular complexity index is 1180. The minimum atomic E-state index is -0.806. The molecule has 4 rings (SSSR count). The lowest BCUT2D eigenvalue weighted by Crippen LogP contribution is -2.21. The van der Waals surface area contributed by atoms with Crippen LogP contribution in [0.4, 0.5) is 5.69 Å². The second-order valence-electron chi connectivity index (χ2n) is 8.57. The number of hydroxylamine groups is 1. The lowest BCUT2D eigenvalue weighted by molar-refractivity contribution is 0.137. The van der Waals surface area contributed by atoms with Crippen LogP contribution in [0.15, 0.2) is 103 Å². The molecule has 0 saturated carbocycles. The summed E-state index contributed by atoms with van der Waals surface area (Å²) < 4.78 is 0. The van der Waals surface area contributed by atoms with Crippen molar-refractivity contribution in [2.24, 2.45) is 0 Å². The van der Waals surface area contributed by atoms with E-state index >= 15 is 0 Å². The number of benzene rings is 4. The molecule has 6 heteroatoms. The maximum atomic E-state index is 10.8. The van der Waals surface area contributed by atoms with Crippen molar-refractivity contribution in [3.05, 3.63) is 125 Å². The summed E-state index contributed by atoms with van der Waals surface area (Å²) in [4.78, 5) is 2.06. The maximum absolute atomic E-state index is 10.8. The number of hydrogen-bond donors (Lipinski definition) is 5. The first-order chi connectivity index (χ1) is 17.5. The Morgan fingerprint density at radius 3 is 1.92 bits per heavy atom. The van der Waals surface area contributed by atoms with E-state index in [4.69, 9.17) is 10.3 Å². The second-order valence-corrected chi connectivity index (χ2v) is 8.57. The van der Waals surface area contributed by atoms with Crippen molar-refractivity contribution in [3.63, 3.8) is 0 Å². The highest BCUT2D eigenvalue weighted by Crippen LogP contribution is 2.30. The van der Waals surface area contributed by atoms with Gasteiger partial charge in [-0.15, -0.1) is 0 Å². The second kappa shape index (κ2) is 14.1. The molecule has 0 spiro atoms. The highest BCUT2D eigenvalue weighted by molar-refractivity contribution is 5.71. The average molecular weight is 486 g/mol. The fraction of sp³-hybridized carbons (Fsp3) is 0.200. The Kier molecular flexibility index (Phi) is 10.6. The number of anilines is 1. The molecule has 0 saturated heterocycles. The Morgan fingerprint density at radius 1 is 0.694 bits per heavy atom. The van der Waals surface area contributed by atoms with E-state index in [0.29, 0.717) is 13.1 Å². The minimum absolute atomic E-state index is 0.140. The molecule has 0 aliphatic rings. The molecule has 1 unspecified atom stereocenters. The molecule has 0 aromatic heterocycles. The van der Waals surface area contributed by atoms with Gasteiger partial charge in [-0.2, -0.15) is 0 Å². The van der Waals surface area contributed by atoms with Gasteiger partial charge in [0.15, 0.2) is 0 Å². The van der Waals surface area contributed by atoms with E-state index in [9.17, 15) is 5.11 Å². The summed E-state index contributed by atoms with van der Waals surface area (Å²) in [7, 11) is 4.02. The van der Waals surface area contributed by atoms with E-state index in [0.717, 1.165) is 39.1 Å². The van der Waals surface area contributed by atoms with E-state index in [1.54, 1.807) is 0 Å². The summed E-state index contributed by atoms with van der Waals surface area (Å²) >= 11 is 0. The number of aliphatic hydroxyl groups excluding tert-OH is 2. The maximum Gasteiger partial charge on any atom is 0.131 e. The molecule has 0 radical (unpaired) electrons. The van der Waals surface area contributed by atoms with E-state index in [2.05, 4.69) is 40.0 Å². The zero-order chi connectivity index (χ0) is 25.8. The Balaban J connectivity index is 0.000000383. The SMILES string of the molecule is CN(C)c1ccc(CNC(O)c2ccccc2-c2ccccc2CNO)cc1.OCc1ccccc1. The van der Waals surface area contributed by atoms with Crippen molar-refractivity contribution in [2.75, 3.05) is 19.0 Å². The van der Waals surface area contributed by atoms with Crippen molar-refractivity contribution in [2.45, 2.75) is 25.9 Å². The summed E-state index contributed by atoms with van der Waals surface area (Å²) in [6, 6.07) is 33.4. The highest BCUT2D eigenvalue weighted by atomic mass is 16.5. The van der Waals surface area contributed by atoms with Crippen LogP contribution >= 0.6 is 0 Å². The first-order valence-electron chi connectivity index (χ1n) is 11.9. The average Bonchev–Trinajstić information content (AvgIpc) is 2.93. The summed E-state index contributed by atoms with van der Waals surface area (Å²) in [5.41, 5.74) is 9.12.